The van der Waals surface area contributed by atoms with Gasteiger partial charge >= 0.3 is 5.97 Å². The molecule has 3 rings (SSSR count). The number of nitrogens with one attached hydrogen (secondary N) is 1. The molecule has 0 bridgehead atoms. The number of hydrogen-bond donors (Lipinski definition) is 1. The molecule has 0 atom stereocenters. The number of rotatable bonds is 6. The summed E-state index contributed by atoms with van der Waals surface area (Å²) in [6.45, 7) is 2.47. The maximum atomic E-state index is 13.1. The number of nitrogens with zero attached hydrogens (tertiary/aromatic N) is 3. The predicted octanol–water partition coefficient (Wildman–Crippen LogP) is 3.99. The first kappa shape index (κ1) is 21.9. The van der Waals surface area contributed by atoms with E-state index in [1.54, 1.807) is 6.92 Å². The maximum absolute atomic E-state index is 13.1. The van der Waals surface area contributed by atoms with Crippen molar-refractivity contribution in [3.8, 4) is 5.69 Å². The Balaban J connectivity index is 1.68. The molecule has 3 aromatic rings. The fourth-order valence-electron chi connectivity index (χ4n) is 2.77. The van der Waals surface area contributed by atoms with E-state index < -0.39 is 29.2 Å². The number of carbonyl (C=O) groups excluding carboxylic acids is 2. The number of aromatic nitrogens is 2. The number of halogens is 2. The molecule has 0 aliphatic heterocycles. The fraction of sp³-hybridized carbons (Fsp3) is 0.150. The number of benzene rings is 2. The van der Waals surface area contributed by atoms with Crippen LogP contribution in [0.15, 0.2) is 42.5 Å². The predicted molar refractivity (Wildman–Crippen MR) is 110 cm³/mol. The fourth-order valence-corrected chi connectivity index (χ4v) is 3.12. The van der Waals surface area contributed by atoms with Gasteiger partial charge in [-0.15, -0.1) is 0 Å². The highest BCUT2D eigenvalue weighted by molar-refractivity contribution is 6.33. The van der Waals surface area contributed by atoms with E-state index in [2.05, 4.69) is 10.4 Å². The summed E-state index contributed by atoms with van der Waals surface area (Å²) in [5.41, 5.74) is 1.14. The van der Waals surface area contributed by atoms with Gasteiger partial charge in [0.15, 0.2) is 6.61 Å². The minimum absolute atomic E-state index is 0.0373. The van der Waals surface area contributed by atoms with E-state index in [1.807, 2.05) is 0 Å². The Morgan fingerprint density at radius 2 is 1.90 bits per heavy atom. The van der Waals surface area contributed by atoms with Crippen LogP contribution >= 0.6 is 11.6 Å². The average Bonchev–Trinajstić information content (AvgIpc) is 3.02. The van der Waals surface area contributed by atoms with Crippen molar-refractivity contribution in [2.75, 3.05) is 11.9 Å². The Hall–Kier alpha value is -3.79. The highest BCUT2D eigenvalue weighted by Gasteiger charge is 2.23. The molecule has 0 aliphatic rings. The van der Waals surface area contributed by atoms with Crippen molar-refractivity contribution in [3.63, 3.8) is 0 Å². The lowest BCUT2D eigenvalue weighted by molar-refractivity contribution is -0.385. The zero-order valence-electron chi connectivity index (χ0n) is 16.4. The van der Waals surface area contributed by atoms with Gasteiger partial charge in [0, 0.05) is 17.3 Å². The van der Waals surface area contributed by atoms with E-state index in [0.29, 0.717) is 11.3 Å². The van der Waals surface area contributed by atoms with Gasteiger partial charge in [0.05, 0.1) is 16.3 Å². The van der Waals surface area contributed by atoms with Crippen LogP contribution in [0.4, 0.5) is 15.8 Å². The molecule has 2 aromatic carbocycles. The first-order valence-electron chi connectivity index (χ1n) is 8.90. The lowest BCUT2D eigenvalue weighted by Gasteiger charge is -2.07. The molecule has 1 aromatic heterocycles. The summed E-state index contributed by atoms with van der Waals surface area (Å²) in [7, 11) is 0. The summed E-state index contributed by atoms with van der Waals surface area (Å²) in [5, 5.41) is 17.5. The molecule has 0 unspecified atom stereocenters. The average molecular weight is 447 g/mol. The molecule has 0 fully saturated rings. The third kappa shape index (κ3) is 4.86. The molecular weight excluding hydrogens is 431 g/mol. The summed E-state index contributed by atoms with van der Waals surface area (Å²) >= 11 is 6.25. The molecule has 0 aliphatic carbocycles. The van der Waals surface area contributed by atoms with Gasteiger partial charge in [0.25, 0.3) is 11.6 Å². The summed E-state index contributed by atoms with van der Waals surface area (Å²) in [6.07, 6.45) is 0. The Labute approximate surface area is 180 Å². The summed E-state index contributed by atoms with van der Waals surface area (Å²) in [4.78, 5) is 35.0. The molecule has 1 N–H and O–H groups in total. The van der Waals surface area contributed by atoms with Gasteiger partial charge in [-0.1, -0.05) is 17.7 Å². The lowest BCUT2D eigenvalue weighted by Crippen LogP contribution is -2.21. The molecule has 0 saturated heterocycles. The maximum Gasteiger partial charge on any atom is 0.343 e. The standard InChI is InChI=1S/C20H16ClFN4O5/c1-11-3-6-14(9-16(11)26(29)30)23-17(27)10-31-20(28)18-12(2)24-25(19(18)21)15-7-4-13(22)5-8-15/h3-9H,10H2,1-2H3,(H,23,27). The van der Waals surface area contributed by atoms with Crippen LogP contribution in [0.2, 0.25) is 5.15 Å². The van der Waals surface area contributed by atoms with Crippen LogP contribution in [-0.4, -0.2) is 33.2 Å². The van der Waals surface area contributed by atoms with Gasteiger partial charge in [0.1, 0.15) is 16.5 Å². The van der Waals surface area contributed by atoms with Crippen molar-refractivity contribution in [2.24, 2.45) is 0 Å². The number of nitro benzene ring substituents is 1. The van der Waals surface area contributed by atoms with Gasteiger partial charge in [0.2, 0.25) is 0 Å². The zero-order valence-corrected chi connectivity index (χ0v) is 17.1. The van der Waals surface area contributed by atoms with E-state index in [4.69, 9.17) is 16.3 Å². The van der Waals surface area contributed by atoms with Crippen LogP contribution < -0.4 is 5.32 Å². The molecule has 0 spiro atoms. The smallest absolute Gasteiger partial charge is 0.343 e. The monoisotopic (exact) mass is 446 g/mol. The number of anilines is 1. The summed E-state index contributed by atoms with van der Waals surface area (Å²) in [5.74, 6) is -2.00. The molecule has 31 heavy (non-hydrogen) atoms. The van der Waals surface area contributed by atoms with Crippen LogP contribution in [0.5, 0.6) is 0 Å². The van der Waals surface area contributed by atoms with Crippen LogP contribution in [0.3, 0.4) is 0 Å². The molecule has 0 radical (unpaired) electrons. The molecule has 1 amide bonds. The van der Waals surface area contributed by atoms with E-state index in [1.165, 1.54) is 54.1 Å². The normalized spacial score (nSPS) is 10.6. The molecule has 9 nitrogen and oxygen atoms in total. The lowest BCUT2D eigenvalue weighted by atomic mass is 10.2. The van der Waals surface area contributed by atoms with Crippen molar-refractivity contribution in [1.29, 1.82) is 0 Å². The Morgan fingerprint density at radius 3 is 2.55 bits per heavy atom. The number of nitro groups is 1. The van der Waals surface area contributed by atoms with Gasteiger partial charge in [-0.2, -0.15) is 5.10 Å². The van der Waals surface area contributed by atoms with E-state index in [-0.39, 0.29) is 27.8 Å². The van der Waals surface area contributed by atoms with Crippen LogP contribution in [0, 0.1) is 29.8 Å². The van der Waals surface area contributed by atoms with Gasteiger partial charge in [-0.05, 0) is 44.2 Å². The molecule has 160 valence electrons. The number of amides is 1. The van der Waals surface area contributed by atoms with Crippen LogP contribution in [-0.2, 0) is 9.53 Å². The third-order valence-corrected chi connectivity index (χ3v) is 4.65. The van der Waals surface area contributed by atoms with Gasteiger partial charge < -0.3 is 10.1 Å². The SMILES string of the molecule is Cc1ccc(NC(=O)COC(=O)c2c(C)nn(-c3ccc(F)cc3)c2Cl)cc1[N+](=O)[O-]. The second-order valence-corrected chi connectivity index (χ2v) is 6.88. The molecule has 1 heterocycles. The number of ether oxygens (including phenoxy) is 1. The van der Waals surface area contributed by atoms with Crippen molar-refractivity contribution in [1.82, 2.24) is 9.78 Å². The summed E-state index contributed by atoms with van der Waals surface area (Å²) < 4.78 is 19.4. The molecule has 0 saturated carbocycles. The Kier molecular flexibility index (Phi) is 6.30. The number of hydrogen-bond acceptors (Lipinski definition) is 6. The minimum Gasteiger partial charge on any atom is -0.452 e. The van der Waals surface area contributed by atoms with Crippen molar-refractivity contribution >= 4 is 34.9 Å². The number of aryl methyl sites for hydroxylation is 2. The van der Waals surface area contributed by atoms with Gasteiger partial charge in [-0.25, -0.2) is 13.9 Å². The topological polar surface area (TPSA) is 116 Å². The van der Waals surface area contributed by atoms with E-state index in [0.717, 1.165) is 0 Å². The molecular formula is C20H16ClFN4O5. The Morgan fingerprint density at radius 1 is 1.23 bits per heavy atom. The number of carbonyl (C=O) groups is 2. The first-order valence-corrected chi connectivity index (χ1v) is 9.28. The largest absolute Gasteiger partial charge is 0.452 e. The van der Waals surface area contributed by atoms with Crippen LogP contribution in [0.25, 0.3) is 5.69 Å². The zero-order chi connectivity index (χ0) is 22.7. The summed E-state index contributed by atoms with van der Waals surface area (Å²) in [6, 6.07) is 9.53. The minimum atomic E-state index is -0.874. The quantitative estimate of drug-likeness (QED) is 0.347. The van der Waals surface area contributed by atoms with E-state index in [9.17, 15) is 24.1 Å². The highest BCUT2D eigenvalue weighted by Crippen LogP contribution is 2.25. The van der Waals surface area contributed by atoms with Crippen molar-refractivity contribution in [3.05, 3.63) is 80.4 Å². The van der Waals surface area contributed by atoms with Gasteiger partial charge in [-0.3, -0.25) is 14.9 Å². The molecule has 11 heteroatoms. The Bertz CT molecular complexity index is 1180. The number of esters is 1. The van der Waals surface area contributed by atoms with Crippen LogP contribution in [0.1, 0.15) is 21.6 Å². The second kappa shape index (κ2) is 8.92. The van der Waals surface area contributed by atoms with Crippen molar-refractivity contribution < 1.29 is 23.6 Å². The van der Waals surface area contributed by atoms with Crippen molar-refractivity contribution in [2.45, 2.75) is 13.8 Å². The third-order valence-electron chi connectivity index (χ3n) is 4.30. The second-order valence-electron chi connectivity index (χ2n) is 6.52. The highest BCUT2D eigenvalue weighted by atomic mass is 35.5. The van der Waals surface area contributed by atoms with E-state index >= 15 is 0 Å². The first-order chi connectivity index (χ1) is 14.7.